The predicted molar refractivity (Wildman–Crippen MR) is 146 cm³/mol. The zero-order valence-electron chi connectivity index (χ0n) is 20.2. The van der Waals surface area contributed by atoms with Gasteiger partial charge in [0, 0.05) is 16.8 Å². The maximum absolute atomic E-state index is 9.07. The largest absolute Gasteiger partial charge is 0.489 e. The Balaban J connectivity index is 1.24. The highest BCUT2D eigenvalue weighted by Crippen LogP contribution is 2.22. The number of anilines is 2. The number of para-hydroxylation sites is 1. The van der Waals surface area contributed by atoms with Crippen molar-refractivity contribution in [2.24, 2.45) is 10.7 Å². The van der Waals surface area contributed by atoms with Crippen molar-refractivity contribution in [3.63, 3.8) is 0 Å². The summed E-state index contributed by atoms with van der Waals surface area (Å²) >= 11 is 0. The maximum atomic E-state index is 9.07. The van der Waals surface area contributed by atoms with Crippen molar-refractivity contribution in [1.82, 2.24) is 20.0 Å². The van der Waals surface area contributed by atoms with Gasteiger partial charge < -0.3 is 21.5 Å². The smallest absolute Gasteiger partial charge is 0.199 e. The zero-order chi connectivity index (χ0) is 26.3. The van der Waals surface area contributed by atoms with Crippen molar-refractivity contribution in [1.29, 1.82) is 5.26 Å². The molecule has 0 atom stereocenters. The van der Waals surface area contributed by atoms with Gasteiger partial charge in [0.15, 0.2) is 11.8 Å². The molecule has 0 spiro atoms. The molecule has 2 heterocycles. The molecule has 0 amide bonds. The van der Waals surface area contributed by atoms with Crippen LogP contribution in [0.25, 0.3) is 16.9 Å². The summed E-state index contributed by atoms with van der Waals surface area (Å²) in [6.45, 7) is 0.296. The summed E-state index contributed by atoms with van der Waals surface area (Å²) in [6, 6.07) is 30.3. The van der Waals surface area contributed by atoms with Crippen LogP contribution in [0.3, 0.4) is 0 Å². The molecule has 5 rings (SSSR count). The first-order valence-corrected chi connectivity index (χ1v) is 11.7. The second-order valence-electron chi connectivity index (χ2n) is 8.17. The van der Waals surface area contributed by atoms with Gasteiger partial charge >= 0.3 is 0 Å². The number of rotatable bonds is 7. The number of hydrogen-bond donors (Lipinski definition) is 3. The van der Waals surface area contributed by atoms with Crippen LogP contribution < -0.4 is 21.5 Å². The fraction of sp³-hybridized carbons (Fsp3) is 0.0357. The number of aromatic nitrogens is 4. The minimum absolute atomic E-state index is 0.178. The molecular formula is C28H23N9O. The van der Waals surface area contributed by atoms with E-state index in [0.29, 0.717) is 29.6 Å². The van der Waals surface area contributed by atoms with E-state index in [4.69, 9.17) is 21.5 Å². The van der Waals surface area contributed by atoms with Gasteiger partial charge in [0.05, 0.1) is 17.6 Å². The van der Waals surface area contributed by atoms with E-state index in [-0.39, 0.29) is 5.96 Å². The Morgan fingerprint density at radius 1 is 0.947 bits per heavy atom. The van der Waals surface area contributed by atoms with Crippen LogP contribution in [0.2, 0.25) is 0 Å². The molecule has 0 saturated carbocycles. The Morgan fingerprint density at radius 3 is 2.42 bits per heavy atom. The van der Waals surface area contributed by atoms with Crippen LogP contribution in [0.4, 0.5) is 17.3 Å². The average molecular weight is 502 g/mol. The van der Waals surface area contributed by atoms with Gasteiger partial charge in [0.25, 0.3) is 0 Å². The third kappa shape index (κ3) is 5.42. The number of benzene rings is 3. The summed E-state index contributed by atoms with van der Waals surface area (Å²) in [5.74, 6) is 1.52. The summed E-state index contributed by atoms with van der Waals surface area (Å²) < 4.78 is 7.48. The molecule has 10 nitrogen and oxygen atoms in total. The van der Waals surface area contributed by atoms with Crippen molar-refractivity contribution in [2.75, 3.05) is 11.1 Å². The number of aliphatic imine (C=N–C) groups is 1. The number of nitrogens with zero attached hydrogens (tertiary/aromatic N) is 6. The Labute approximate surface area is 218 Å². The van der Waals surface area contributed by atoms with Crippen LogP contribution in [0.5, 0.6) is 5.75 Å². The van der Waals surface area contributed by atoms with Gasteiger partial charge in [-0.2, -0.15) is 15.4 Å². The van der Waals surface area contributed by atoms with Gasteiger partial charge in [0.1, 0.15) is 29.8 Å². The minimum Gasteiger partial charge on any atom is -0.489 e. The third-order valence-electron chi connectivity index (χ3n) is 5.64. The third-order valence-corrected chi connectivity index (χ3v) is 5.64. The first-order chi connectivity index (χ1) is 18.6. The van der Waals surface area contributed by atoms with E-state index in [0.717, 1.165) is 28.2 Å². The first-order valence-electron chi connectivity index (χ1n) is 11.7. The highest BCUT2D eigenvalue weighted by atomic mass is 16.5. The van der Waals surface area contributed by atoms with Gasteiger partial charge in [-0.3, -0.25) is 0 Å². The molecule has 2 aromatic heterocycles. The maximum Gasteiger partial charge on any atom is 0.199 e. The first kappa shape index (κ1) is 24.0. The lowest BCUT2D eigenvalue weighted by Crippen LogP contribution is -2.23. The van der Waals surface area contributed by atoms with E-state index in [9.17, 15) is 0 Å². The standard InChI is InChI=1S/C28H23N9O/c29-16-21-17-32-37(27(21)30)22-10-12-23(13-11-22)38-18-20-8-4-5-9-24(20)33-28(31)34-26-15-14-25(35-36-26)19-6-2-1-3-7-19/h1-15,17H,18,30H2,(H3,31,33,34,36). The molecule has 0 aliphatic heterocycles. The average Bonchev–Trinajstić information content (AvgIpc) is 3.34. The number of nitrogen functional groups attached to an aromatic ring is 1. The molecule has 10 heteroatoms. The lowest BCUT2D eigenvalue weighted by Gasteiger charge is -2.13. The Morgan fingerprint density at radius 2 is 1.71 bits per heavy atom. The molecule has 0 unspecified atom stereocenters. The summed E-state index contributed by atoms with van der Waals surface area (Å²) in [4.78, 5) is 4.33. The number of ether oxygens (including phenoxy) is 1. The molecule has 0 bridgehead atoms. The van der Waals surface area contributed by atoms with Gasteiger partial charge in [0.2, 0.25) is 0 Å². The van der Waals surface area contributed by atoms with Crippen molar-refractivity contribution in [3.8, 4) is 28.8 Å². The molecule has 0 fully saturated rings. The molecule has 5 aromatic rings. The van der Waals surface area contributed by atoms with E-state index < -0.39 is 0 Å². The van der Waals surface area contributed by atoms with Crippen molar-refractivity contribution in [3.05, 3.63) is 108 Å². The quantitative estimate of drug-likeness (QED) is 0.219. The van der Waals surface area contributed by atoms with Crippen LogP contribution in [0.15, 0.2) is 102 Å². The number of nitriles is 1. The fourth-order valence-corrected chi connectivity index (χ4v) is 3.70. The fourth-order valence-electron chi connectivity index (χ4n) is 3.70. The predicted octanol–water partition coefficient (Wildman–Crippen LogP) is 4.42. The number of hydrogen-bond acceptors (Lipinski definition) is 7. The Hall–Kier alpha value is -5.69. The summed E-state index contributed by atoms with van der Waals surface area (Å²) in [6.07, 6.45) is 1.44. The number of nitrogens with two attached hydrogens (primary N) is 2. The van der Waals surface area contributed by atoms with Gasteiger partial charge in [-0.1, -0.05) is 48.5 Å². The van der Waals surface area contributed by atoms with E-state index >= 15 is 0 Å². The lowest BCUT2D eigenvalue weighted by atomic mass is 10.1. The number of nitrogens with one attached hydrogen (secondary N) is 1. The van der Waals surface area contributed by atoms with Gasteiger partial charge in [-0.25, -0.2) is 4.68 Å². The SMILES string of the molecule is N#Cc1cnn(-c2ccc(OCc3ccccc3NC(N)=Nc3ccc(-c4ccccc4)nn3)cc2)c1N. The normalized spacial score (nSPS) is 11.1. The van der Waals surface area contributed by atoms with Crippen LogP contribution in [0.1, 0.15) is 11.1 Å². The number of guanidine groups is 1. The van der Waals surface area contributed by atoms with Crippen molar-refractivity contribution in [2.45, 2.75) is 6.61 Å². The topological polar surface area (TPSA) is 153 Å². The second kappa shape index (κ2) is 10.9. The highest BCUT2D eigenvalue weighted by Gasteiger charge is 2.09. The lowest BCUT2D eigenvalue weighted by molar-refractivity contribution is 0.307. The molecular weight excluding hydrogens is 478 g/mol. The second-order valence-corrected chi connectivity index (χ2v) is 8.17. The van der Waals surface area contributed by atoms with Crippen LogP contribution in [-0.4, -0.2) is 25.9 Å². The van der Waals surface area contributed by atoms with Gasteiger partial charge in [-0.15, -0.1) is 10.2 Å². The molecule has 186 valence electrons. The molecule has 5 N–H and O–H groups in total. The zero-order valence-corrected chi connectivity index (χ0v) is 20.2. The van der Waals surface area contributed by atoms with Crippen molar-refractivity contribution >= 4 is 23.3 Å². The van der Waals surface area contributed by atoms with Crippen LogP contribution in [0, 0.1) is 11.3 Å². The highest BCUT2D eigenvalue weighted by molar-refractivity contribution is 5.94. The molecule has 38 heavy (non-hydrogen) atoms. The van der Waals surface area contributed by atoms with Crippen molar-refractivity contribution < 1.29 is 4.74 Å². The molecule has 3 aromatic carbocycles. The summed E-state index contributed by atoms with van der Waals surface area (Å²) in [7, 11) is 0. The van der Waals surface area contributed by atoms with E-state index in [2.05, 4.69) is 25.6 Å². The van der Waals surface area contributed by atoms with E-state index in [1.807, 2.05) is 91.0 Å². The monoisotopic (exact) mass is 501 g/mol. The summed E-state index contributed by atoms with van der Waals surface area (Å²) in [5, 5.41) is 24.7. The van der Waals surface area contributed by atoms with E-state index in [1.165, 1.54) is 10.9 Å². The molecule has 0 radical (unpaired) electrons. The molecule has 0 saturated heterocycles. The molecule has 0 aliphatic carbocycles. The minimum atomic E-state index is 0.178. The Bertz CT molecular complexity index is 1600. The van der Waals surface area contributed by atoms with E-state index in [1.54, 1.807) is 6.07 Å². The van der Waals surface area contributed by atoms with Crippen LogP contribution >= 0.6 is 0 Å². The Kier molecular flexibility index (Phi) is 6.91. The molecule has 0 aliphatic rings. The van der Waals surface area contributed by atoms with Gasteiger partial charge in [-0.05, 0) is 42.5 Å². The van der Waals surface area contributed by atoms with Crippen LogP contribution in [-0.2, 0) is 6.61 Å². The summed E-state index contributed by atoms with van der Waals surface area (Å²) in [5.41, 5.74) is 16.5.